The predicted octanol–water partition coefficient (Wildman–Crippen LogP) is 2.15. The fraction of sp³-hybridized carbons (Fsp3) is 0.571. The monoisotopic (exact) mass is 300 g/mol. The number of hydrogen-bond acceptors (Lipinski definition) is 3. The summed E-state index contributed by atoms with van der Waals surface area (Å²) in [5.41, 5.74) is 0.606. The van der Waals surface area contributed by atoms with Crippen LogP contribution in [-0.2, 0) is 16.6 Å². The molecular weight excluding hydrogens is 279 g/mol. The van der Waals surface area contributed by atoms with E-state index in [2.05, 4.69) is 10.0 Å². The van der Waals surface area contributed by atoms with Crippen molar-refractivity contribution >= 4 is 10.0 Å². The molecule has 2 N–H and O–H groups in total. The number of benzene rings is 1. The average molecular weight is 300 g/mol. The van der Waals surface area contributed by atoms with Gasteiger partial charge in [-0.05, 0) is 43.9 Å². The Kier molecular flexibility index (Phi) is 4.78. The van der Waals surface area contributed by atoms with Crippen LogP contribution in [0.15, 0.2) is 23.1 Å². The first kappa shape index (κ1) is 15.4. The van der Waals surface area contributed by atoms with Crippen molar-refractivity contribution in [2.45, 2.75) is 56.6 Å². The summed E-state index contributed by atoms with van der Waals surface area (Å²) in [4.78, 5) is 0.0333. The maximum absolute atomic E-state index is 13.4. The standard InChI is InChI=1S/C14H21FN2O2S/c1-3-10(2)17-20(18,19)14-8-12(15)5-4-11(14)9-16-13-6-7-13/h4-5,8,10,13,16-17H,3,6-7,9H2,1-2H3. The summed E-state index contributed by atoms with van der Waals surface area (Å²) in [5, 5.41) is 3.26. The Morgan fingerprint density at radius 2 is 2.10 bits per heavy atom. The van der Waals surface area contributed by atoms with Crippen LogP contribution in [0.25, 0.3) is 0 Å². The summed E-state index contributed by atoms with van der Waals surface area (Å²) in [6.45, 7) is 4.13. The van der Waals surface area contributed by atoms with Crippen LogP contribution in [0.1, 0.15) is 38.7 Å². The van der Waals surface area contributed by atoms with Gasteiger partial charge < -0.3 is 5.32 Å². The molecule has 1 aliphatic carbocycles. The molecule has 1 aromatic carbocycles. The van der Waals surface area contributed by atoms with E-state index in [4.69, 9.17) is 0 Å². The maximum atomic E-state index is 13.4. The summed E-state index contributed by atoms with van der Waals surface area (Å²) in [6, 6.07) is 4.22. The van der Waals surface area contributed by atoms with Crippen LogP contribution in [0, 0.1) is 5.82 Å². The van der Waals surface area contributed by atoms with Crippen molar-refractivity contribution in [1.29, 1.82) is 0 Å². The normalized spacial score (nSPS) is 17.1. The molecule has 0 aliphatic heterocycles. The van der Waals surface area contributed by atoms with E-state index in [1.54, 1.807) is 6.92 Å². The molecule has 1 fully saturated rings. The molecular formula is C14H21FN2O2S. The molecule has 1 saturated carbocycles. The molecule has 1 aromatic rings. The molecule has 4 nitrogen and oxygen atoms in total. The topological polar surface area (TPSA) is 58.2 Å². The van der Waals surface area contributed by atoms with Gasteiger partial charge in [0.15, 0.2) is 0 Å². The van der Waals surface area contributed by atoms with Crippen LogP contribution >= 0.6 is 0 Å². The fourth-order valence-electron chi connectivity index (χ4n) is 1.88. The summed E-state index contributed by atoms with van der Waals surface area (Å²) >= 11 is 0. The zero-order valence-electron chi connectivity index (χ0n) is 11.8. The van der Waals surface area contributed by atoms with Gasteiger partial charge in [0.25, 0.3) is 0 Å². The van der Waals surface area contributed by atoms with Crippen molar-refractivity contribution in [3.8, 4) is 0 Å². The number of sulfonamides is 1. The van der Waals surface area contributed by atoms with Crippen LogP contribution in [-0.4, -0.2) is 20.5 Å². The van der Waals surface area contributed by atoms with Crippen molar-refractivity contribution in [3.05, 3.63) is 29.6 Å². The van der Waals surface area contributed by atoms with Crippen molar-refractivity contribution in [3.63, 3.8) is 0 Å². The lowest BCUT2D eigenvalue weighted by Crippen LogP contribution is -2.33. The van der Waals surface area contributed by atoms with E-state index >= 15 is 0 Å². The molecule has 0 aromatic heterocycles. The molecule has 1 aliphatic rings. The quantitative estimate of drug-likeness (QED) is 0.811. The lowest BCUT2D eigenvalue weighted by atomic mass is 10.2. The molecule has 0 spiro atoms. The molecule has 6 heteroatoms. The highest BCUT2D eigenvalue weighted by Crippen LogP contribution is 2.22. The minimum absolute atomic E-state index is 0.0333. The Morgan fingerprint density at radius 1 is 1.40 bits per heavy atom. The van der Waals surface area contributed by atoms with Gasteiger partial charge in [-0.15, -0.1) is 0 Å². The van der Waals surface area contributed by atoms with Crippen LogP contribution < -0.4 is 10.0 Å². The maximum Gasteiger partial charge on any atom is 0.241 e. The third kappa shape index (κ3) is 4.01. The van der Waals surface area contributed by atoms with Gasteiger partial charge in [0.2, 0.25) is 10.0 Å². The summed E-state index contributed by atoms with van der Waals surface area (Å²) in [5.74, 6) is -0.537. The number of nitrogens with one attached hydrogen (secondary N) is 2. The molecule has 0 saturated heterocycles. The number of hydrogen-bond donors (Lipinski definition) is 2. The summed E-state index contributed by atoms with van der Waals surface area (Å²) < 4.78 is 40.6. The van der Waals surface area contributed by atoms with Crippen LogP contribution in [0.3, 0.4) is 0 Å². The first-order chi connectivity index (χ1) is 9.42. The van der Waals surface area contributed by atoms with Gasteiger partial charge in [-0.3, -0.25) is 0 Å². The molecule has 0 amide bonds. The Morgan fingerprint density at radius 3 is 2.70 bits per heavy atom. The van der Waals surface area contributed by atoms with E-state index in [0.717, 1.165) is 18.9 Å². The van der Waals surface area contributed by atoms with E-state index in [-0.39, 0.29) is 10.9 Å². The second-order valence-electron chi connectivity index (χ2n) is 5.34. The van der Waals surface area contributed by atoms with Crippen LogP contribution in [0.2, 0.25) is 0 Å². The lowest BCUT2D eigenvalue weighted by molar-refractivity contribution is 0.550. The van der Waals surface area contributed by atoms with Gasteiger partial charge in [-0.1, -0.05) is 13.0 Å². The Balaban J connectivity index is 2.24. The van der Waals surface area contributed by atoms with Gasteiger partial charge in [0, 0.05) is 18.6 Å². The van der Waals surface area contributed by atoms with Crippen molar-refractivity contribution in [2.75, 3.05) is 0 Å². The molecule has 0 radical (unpaired) electrons. The second-order valence-corrected chi connectivity index (χ2v) is 7.02. The first-order valence-corrected chi connectivity index (χ1v) is 8.45. The number of halogens is 1. The fourth-order valence-corrected chi connectivity index (χ4v) is 3.45. The summed E-state index contributed by atoms with van der Waals surface area (Å²) in [6.07, 6.45) is 2.92. The minimum Gasteiger partial charge on any atom is -0.310 e. The predicted molar refractivity (Wildman–Crippen MR) is 76.3 cm³/mol. The van der Waals surface area contributed by atoms with Gasteiger partial charge in [0.1, 0.15) is 5.82 Å². The zero-order chi connectivity index (χ0) is 14.8. The highest BCUT2D eigenvalue weighted by Gasteiger charge is 2.24. The Labute approximate surface area is 119 Å². The van der Waals surface area contributed by atoms with Gasteiger partial charge in [-0.25, -0.2) is 17.5 Å². The van der Waals surface area contributed by atoms with E-state index in [1.165, 1.54) is 12.1 Å². The number of rotatable bonds is 7. The first-order valence-electron chi connectivity index (χ1n) is 6.96. The lowest BCUT2D eigenvalue weighted by Gasteiger charge is -2.15. The highest BCUT2D eigenvalue weighted by molar-refractivity contribution is 7.89. The third-order valence-corrected chi connectivity index (χ3v) is 5.12. The van der Waals surface area contributed by atoms with Gasteiger partial charge >= 0.3 is 0 Å². The van der Waals surface area contributed by atoms with E-state index < -0.39 is 15.8 Å². The molecule has 0 bridgehead atoms. The molecule has 0 heterocycles. The SMILES string of the molecule is CCC(C)NS(=O)(=O)c1cc(F)ccc1CNC1CC1. The van der Waals surface area contributed by atoms with Crippen molar-refractivity contribution < 1.29 is 12.8 Å². The Hall–Kier alpha value is -0.980. The molecule has 1 atom stereocenters. The molecule has 2 rings (SSSR count). The van der Waals surface area contributed by atoms with Crippen LogP contribution in [0.4, 0.5) is 4.39 Å². The van der Waals surface area contributed by atoms with E-state index in [0.29, 0.717) is 24.6 Å². The zero-order valence-corrected chi connectivity index (χ0v) is 12.6. The highest BCUT2D eigenvalue weighted by atomic mass is 32.2. The van der Waals surface area contributed by atoms with E-state index in [1.807, 2.05) is 6.92 Å². The van der Waals surface area contributed by atoms with Crippen LogP contribution in [0.5, 0.6) is 0 Å². The average Bonchev–Trinajstić information content (AvgIpc) is 3.20. The summed E-state index contributed by atoms with van der Waals surface area (Å²) in [7, 11) is -3.68. The largest absolute Gasteiger partial charge is 0.310 e. The smallest absolute Gasteiger partial charge is 0.241 e. The molecule has 20 heavy (non-hydrogen) atoms. The van der Waals surface area contributed by atoms with Gasteiger partial charge in [0.05, 0.1) is 4.90 Å². The van der Waals surface area contributed by atoms with E-state index in [9.17, 15) is 12.8 Å². The van der Waals surface area contributed by atoms with Gasteiger partial charge in [-0.2, -0.15) is 0 Å². The minimum atomic E-state index is -3.68. The second kappa shape index (κ2) is 6.20. The van der Waals surface area contributed by atoms with Crippen molar-refractivity contribution in [1.82, 2.24) is 10.0 Å². The Bertz CT molecular complexity index is 571. The third-order valence-electron chi connectivity index (χ3n) is 3.45. The van der Waals surface area contributed by atoms with Crippen molar-refractivity contribution in [2.24, 2.45) is 0 Å². The molecule has 112 valence electrons. The molecule has 1 unspecified atom stereocenters.